The molecule has 0 bridgehead atoms. The van der Waals surface area contributed by atoms with Crippen LogP contribution < -0.4 is 4.74 Å². The van der Waals surface area contributed by atoms with E-state index in [9.17, 15) is 18.0 Å². The normalized spacial score (nSPS) is 15.0. The first-order chi connectivity index (χ1) is 15.8. The van der Waals surface area contributed by atoms with E-state index < -0.39 is 17.8 Å². The fourth-order valence-electron chi connectivity index (χ4n) is 3.95. The lowest BCUT2D eigenvalue weighted by Crippen LogP contribution is -2.07. The molecule has 0 aromatic heterocycles. The van der Waals surface area contributed by atoms with Crippen molar-refractivity contribution in [3.63, 3.8) is 0 Å². The molecule has 0 radical (unpaired) electrons. The number of hydrogen-bond acceptors (Lipinski definition) is 3. The number of benzene rings is 3. The molecule has 0 fully saturated rings. The van der Waals surface area contributed by atoms with Crippen LogP contribution in [0.5, 0.6) is 5.75 Å². The van der Waals surface area contributed by atoms with Gasteiger partial charge in [0, 0.05) is 11.1 Å². The maximum Gasteiger partial charge on any atom is 0.416 e. The van der Waals surface area contributed by atoms with Gasteiger partial charge in [-0.25, -0.2) is 0 Å². The van der Waals surface area contributed by atoms with Crippen molar-refractivity contribution < 1.29 is 27.4 Å². The fraction of sp³-hybridized carbons (Fsp3) is 0.222. The third kappa shape index (κ3) is 4.73. The minimum absolute atomic E-state index is 0.112. The van der Waals surface area contributed by atoms with Crippen LogP contribution in [0.3, 0.4) is 0 Å². The second kappa shape index (κ2) is 9.03. The second-order valence-electron chi connectivity index (χ2n) is 7.65. The molecular formula is C27H21F3O3. The fourth-order valence-corrected chi connectivity index (χ4v) is 3.95. The quantitative estimate of drug-likeness (QED) is 0.317. The SMILES string of the molecule is CC#C[C@@H](CC(=O)OC)c1ccc(O[C@H]2c3c(-c4ccccc4)ccc(C(F)(F)F)c32)cc1. The van der Waals surface area contributed by atoms with Crippen molar-refractivity contribution in [1.82, 2.24) is 0 Å². The molecule has 3 nitrogen and oxygen atoms in total. The number of hydrogen-bond donors (Lipinski definition) is 0. The van der Waals surface area contributed by atoms with E-state index in [2.05, 4.69) is 11.8 Å². The van der Waals surface area contributed by atoms with Crippen molar-refractivity contribution in [2.45, 2.75) is 31.5 Å². The van der Waals surface area contributed by atoms with Crippen LogP contribution in [0, 0.1) is 11.8 Å². The summed E-state index contributed by atoms with van der Waals surface area (Å²) in [6.45, 7) is 1.69. The molecule has 3 aromatic rings. The number of carbonyl (C=O) groups is 1. The summed E-state index contributed by atoms with van der Waals surface area (Å²) in [5.74, 6) is 5.53. The van der Waals surface area contributed by atoms with E-state index in [1.807, 2.05) is 30.3 Å². The van der Waals surface area contributed by atoms with E-state index in [1.54, 1.807) is 31.2 Å². The van der Waals surface area contributed by atoms with Crippen molar-refractivity contribution in [3.8, 4) is 28.7 Å². The molecule has 1 aliphatic carbocycles. The highest BCUT2D eigenvalue weighted by Gasteiger charge is 2.48. The van der Waals surface area contributed by atoms with E-state index in [0.29, 0.717) is 11.3 Å². The summed E-state index contributed by atoms with van der Waals surface area (Å²) in [6.07, 6.45) is -5.11. The van der Waals surface area contributed by atoms with Gasteiger partial charge in [0.25, 0.3) is 0 Å². The Bertz CT molecular complexity index is 1220. The molecule has 4 rings (SSSR count). The summed E-state index contributed by atoms with van der Waals surface area (Å²) in [4.78, 5) is 11.7. The first kappa shape index (κ1) is 22.5. The minimum atomic E-state index is -4.46. The molecule has 0 amide bonds. The number of carbonyl (C=O) groups excluding carboxylic acids is 1. The first-order valence-corrected chi connectivity index (χ1v) is 10.4. The van der Waals surface area contributed by atoms with Gasteiger partial charge in [-0.3, -0.25) is 4.79 Å². The van der Waals surface area contributed by atoms with Crippen molar-refractivity contribution in [3.05, 3.63) is 89.0 Å². The van der Waals surface area contributed by atoms with Crippen LogP contribution in [0.15, 0.2) is 66.7 Å². The third-order valence-electron chi connectivity index (χ3n) is 5.57. The lowest BCUT2D eigenvalue weighted by Gasteiger charge is -2.12. The smallest absolute Gasteiger partial charge is 0.416 e. The maximum absolute atomic E-state index is 13.6. The summed E-state index contributed by atoms with van der Waals surface area (Å²) in [5.41, 5.74) is 2.43. The van der Waals surface area contributed by atoms with Crippen LogP contribution in [0.2, 0.25) is 0 Å². The molecule has 1 aliphatic rings. The van der Waals surface area contributed by atoms with Gasteiger partial charge >= 0.3 is 12.1 Å². The Morgan fingerprint density at radius 2 is 1.70 bits per heavy atom. The number of ether oxygens (including phenoxy) is 2. The predicted octanol–water partition coefficient (Wildman–Crippen LogP) is 6.52. The lowest BCUT2D eigenvalue weighted by molar-refractivity contribution is -0.141. The van der Waals surface area contributed by atoms with Crippen LogP contribution in [0.4, 0.5) is 13.2 Å². The summed E-state index contributed by atoms with van der Waals surface area (Å²) < 4.78 is 51.4. The zero-order valence-corrected chi connectivity index (χ0v) is 18.1. The van der Waals surface area contributed by atoms with Crippen LogP contribution >= 0.6 is 0 Å². The van der Waals surface area contributed by atoms with Gasteiger partial charge in [-0.05, 0) is 41.8 Å². The Hall–Kier alpha value is -3.72. The van der Waals surface area contributed by atoms with Gasteiger partial charge in [-0.2, -0.15) is 13.2 Å². The number of halogens is 3. The molecule has 3 aromatic carbocycles. The summed E-state index contributed by atoms with van der Waals surface area (Å²) in [6, 6.07) is 18.8. The molecule has 2 atom stereocenters. The van der Waals surface area contributed by atoms with E-state index in [0.717, 1.165) is 22.8 Å². The standard InChI is InChI=1S/C27H21F3O3/c1-3-7-19(16-23(31)32-2)17-10-12-20(13-11-17)33-26-24-21(18-8-5-4-6-9-18)14-15-22(25(24)26)27(28,29)30/h4-6,8-15,19,26H,16H2,1-2H3/t19-,26-/m0/s1. The Labute approximate surface area is 190 Å². The van der Waals surface area contributed by atoms with Crippen molar-refractivity contribution in [1.29, 1.82) is 0 Å². The molecule has 0 N–H and O–H groups in total. The number of fused-ring (bicyclic) bond motifs is 1. The van der Waals surface area contributed by atoms with Gasteiger partial charge in [0.2, 0.25) is 0 Å². The molecular weight excluding hydrogens is 429 g/mol. The Kier molecular flexibility index (Phi) is 6.15. The molecule has 33 heavy (non-hydrogen) atoms. The van der Waals surface area contributed by atoms with E-state index in [1.165, 1.54) is 13.2 Å². The predicted molar refractivity (Wildman–Crippen MR) is 119 cm³/mol. The molecule has 168 valence electrons. The van der Waals surface area contributed by atoms with Crippen LogP contribution in [-0.2, 0) is 15.7 Å². The average molecular weight is 450 g/mol. The Morgan fingerprint density at radius 3 is 2.30 bits per heavy atom. The largest absolute Gasteiger partial charge is 0.481 e. The summed E-state index contributed by atoms with van der Waals surface area (Å²) in [5, 5.41) is 0. The van der Waals surface area contributed by atoms with Gasteiger partial charge in [0.05, 0.1) is 25.0 Å². The highest BCUT2D eigenvalue weighted by molar-refractivity contribution is 5.78. The van der Waals surface area contributed by atoms with Crippen molar-refractivity contribution in [2.24, 2.45) is 0 Å². The number of alkyl halides is 3. The van der Waals surface area contributed by atoms with Gasteiger partial charge in [-0.1, -0.05) is 54.5 Å². The molecule has 0 spiro atoms. The van der Waals surface area contributed by atoms with Crippen LogP contribution in [0.25, 0.3) is 11.1 Å². The lowest BCUT2D eigenvalue weighted by atomic mass is 9.96. The van der Waals surface area contributed by atoms with E-state index in [4.69, 9.17) is 9.47 Å². The van der Waals surface area contributed by atoms with E-state index >= 15 is 0 Å². The molecule has 0 unspecified atom stereocenters. The molecule has 6 heteroatoms. The Morgan fingerprint density at radius 1 is 1.00 bits per heavy atom. The highest BCUT2D eigenvalue weighted by Crippen LogP contribution is 2.55. The topological polar surface area (TPSA) is 35.5 Å². The van der Waals surface area contributed by atoms with Gasteiger partial charge in [-0.15, -0.1) is 5.92 Å². The Balaban J connectivity index is 1.60. The van der Waals surface area contributed by atoms with Gasteiger partial charge in [0.15, 0.2) is 6.10 Å². The van der Waals surface area contributed by atoms with Crippen molar-refractivity contribution >= 4 is 5.97 Å². The van der Waals surface area contributed by atoms with E-state index in [-0.39, 0.29) is 23.9 Å². The summed E-state index contributed by atoms with van der Waals surface area (Å²) in [7, 11) is 1.32. The zero-order chi connectivity index (χ0) is 23.6. The van der Waals surface area contributed by atoms with Crippen LogP contribution in [-0.4, -0.2) is 13.1 Å². The summed E-state index contributed by atoms with van der Waals surface area (Å²) >= 11 is 0. The number of rotatable bonds is 6. The molecule has 0 heterocycles. The third-order valence-corrected chi connectivity index (χ3v) is 5.57. The molecule has 0 saturated heterocycles. The van der Waals surface area contributed by atoms with Gasteiger partial charge in [0.1, 0.15) is 5.75 Å². The minimum Gasteiger partial charge on any atom is -0.481 e. The van der Waals surface area contributed by atoms with Crippen LogP contribution in [0.1, 0.15) is 47.6 Å². The number of esters is 1. The highest BCUT2D eigenvalue weighted by atomic mass is 19.4. The molecule has 0 saturated carbocycles. The zero-order valence-electron chi connectivity index (χ0n) is 18.1. The number of methoxy groups -OCH3 is 1. The average Bonchev–Trinajstić information content (AvgIpc) is 3.52. The van der Waals surface area contributed by atoms with Crippen molar-refractivity contribution in [2.75, 3.05) is 7.11 Å². The first-order valence-electron chi connectivity index (χ1n) is 10.4. The molecule has 0 aliphatic heterocycles. The maximum atomic E-state index is 13.6. The monoisotopic (exact) mass is 450 g/mol. The second-order valence-corrected chi connectivity index (χ2v) is 7.65. The van der Waals surface area contributed by atoms with Gasteiger partial charge < -0.3 is 9.47 Å².